The van der Waals surface area contributed by atoms with Crippen molar-refractivity contribution in [1.29, 1.82) is 0 Å². The summed E-state index contributed by atoms with van der Waals surface area (Å²) in [5, 5.41) is 11.2. The van der Waals surface area contributed by atoms with Gasteiger partial charge in [-0.25, -0.2) is 4.98 Å². The summed E-state index contributed by atoms with van der Waals surface area (Å²) in [7, 11) is 0. The van der Waals surface area contributed by atoms with Crippen molar-refractivity contribution in [2.75, 3.05) is 0 Å². The highest BCUT2D eigenvalue weighted by Gasteiger charge is 2.30. The lowest BCUT2D eigenvalue weighted by Gasteiger charge is -2.09. The van der Waals surface area contributed by atoms with Crippen molar-refractivity contribution in [1.82, 2.24) is 19.7 Å². The van der Waals surface area contributed by atoms with Crippen LogP contribution in [0.25, 0.3) is 11.4 Å². The lowest BCUT2D eigenvalue weighted by atomic mass is 10.2. The molecule has 1 fully saturated rings. The third-order valence-corrected chi connectivity index (χ3v) is 5.71. The van der Waals surface area contributed by atoms with Gasteiger partial charge in [-0.05, 0) is 48.7 Å². The molecular formula is C17H13Cl3N4S. The van der Waals surface area contributed by atoms with Gasteiger partial charge in [0.15, 0.2) is 11.0 Å². The van der Waals surface area contributed by atoms with E-state index in [1.807, 2.05) is 30.3 Å². The summed E-state index contributed by atoms with van der Waals surface area (Å²) >= 11 is 19.6. The Morgan fingerprint density at radius 1 is 1.00 bits per heavy atom. The number of benzene rings is 1. The molecule has 3 aromatic rings. The molecule has 1 aliphatic rings. The zero-order chi connectivity index (χ0) is 17.4. The van der Waals surface area contributed by atoms with Gasteiger partial charge in [-0.1, -0.05) is 52.6 Å². The van der Waals surface area contributed by atoms with E-state index in [1.54, 1.807) is 17.8 Å². The predicted octanol–water partition coefficient (Wildman–Crippen LogP) is 5.93. The van der Waals surface area contributed by atoms with Crippen LogP contribution in [-0.4, -0.2) is 19.7 Å². The maximum atomic E-state index is 6.16. The van der Waals surface area contributed by atoms with Crippen LogP contribution < -0.4 is 0 Å². The van der Waals surface area contributed by atoms with Crippen LogP contribution in [0.1, 0.15) is 24.4 Å². The highest BCUT2D eigenvalue weighted by Crippen LogP contribution is 2.41. The Labute approximate surface area is 164 Å². The molecule has 0 spiro atoms. The van der Waals surface area contributed by atoms with E-state index < -0.39 is 0 Å². The standard InChI is InChI=1S/C17H13Cl3N4S/c18-12-4-1-10(2-5-12)16-22-23-17(24(16)13-6-7-13)25-9-11-3-8-14(19)21-15(11)20/h1-5,8,13H,6-7,9H2. The summed E-state index contributed by atoms with van der Waals surface area (Å²) in [5.74, 6) is 1.54. The Hall–Kier alpha value is -1.27. The number of pyridine rings is 1. The normalized spacial score (nSPS) is 14.0. The number of thioether (sulfide) groups is 1. The molecule has 128 valence electrons. The Morgan fingerprint density at radius 3 is 2.44 bits per heavy atom. The molecule has 0 radical (unpaired) electrons. The monoisotopic (exact) mass is 410 g/mol. The van der Waals surface area contributed by atoms with E-state index in [-0.39, 0.29) is 0 Å². The first-order chi connectivity index (χ1) is 12.1. The highest BCUT2D eigenvalue weighted by molar-refractivity contribution is 7.98. The number of rotatable bonds is 5. The summed E-state index contributed by atoms with van der Waals surface area (Å²) < 4.78 is 2.21. The van der Waals surface area contributed by atoms with Crippen LogP contribution in [-0.2, 0) is 5.75 Å². The molecule has 2 aromatic heterocycles. The van der Waals surface area contributed by atoms with Crippen LogP contribution in [0, 0.1) is 0 Å². The van der Waals surface area contributed by atoms with Crippen molar-refractivity contribution in [2.45, 2.75) is 29.8 Å². The molecule has 0 atom stereocenters. The van der Waals surface area contributed by atoms with Crippen LogP contribution in [0.2, 0.25) is 15.3 Å². The third kappa shape index (κ3) is 3.80. The summed E-state index contributed by atoms with van der Waals surface area (Å²) in [5.41, 5.74) is 1.94. The quantitative estimate of drug-likeness (QED) is 0.385. The van der Waals surface area contributed by atoms with Crippen molar-refractivity contribution in [3.8, 4) is 11.4 Å². The van der Waals surface area contributed by atoms with E-state index in [2.05, 4.69) is 19.7 Å². The average molecular weight is 412 g/mol. The third-order valence-electron chi connectivity index (χ3n) is 3.93. The molecule has 1 aromatic carbocycles. The topological polar surface area (TPSA) is 43.6 Å². The fourth-order valence-corrected chi connectivity index (χ4v) is 4.13. The zero-order valence-electron chi connectivity index (χ0n) is 13.0. The molecule has 1 aliphatic carbocycles. The van der Waals surface area contributed by atoms with Gasteiger partial charge in [-0.15, -0.1) is 10.2 Å². The minimum absolute atomic E-state index is 0.393. The van der Waals surface area contributed by atoms with Crippen LogP contribution in [0.3, 0.4) is 0 Å². The summed E-state index contributed by atoms with van der Waals surface area (Å²) in [6, 6.07) is 11.8. The predicted molar refractivity (Wildman–Crippen MR) is 103 cm³/mol. The number of hydrogen-bond donors (Lipinski definition) is 0. The summed E-state index contributed by atoms with van der Waals surface area (Å²) in [6.45, 7) is 0. The lowest BCUT2D eigenvalue weighted by molar-refractivity contribution is 0.669. The van der Waals surface area contributed by atoms with Gasteiger partial charge in [0.1, 0.15) is 10.3 Å². The molecule has 0 unspecified atom stereocenters. The molecule has 8 heteroatoms. The molecule has 0 bridgehead atoms. The SMILES string of the molecule is Clc1ccc(-c2nnc(SCc3ccc(Cl)nc3Cl)n2C2CC2)cc1. The van der Waals surface area contributed by atoms with E-state index in [0.29, 0.717) is 27.1 Å². The first kappa shape index (κ1) is 17.2. The van der Waals surface area contributed by atoms with Crippen molar-refractivity contribution in [3.05, 3.63) is 57.3 Å². The van der Waals surface area contributed by atoms with Gasteiger partial charge in [-0.3, -0.25) is 4.57 Å². The fourth-order valence-electron chi connectivity index (χ4n) is 2.52. The van der Waals surface area contributed by atoms with Crippen molar-refractivity contribution >= 4 is 46.6 Å². The van der Waals surface area contributed by atoms with Crippen LogP contribution in [0.5, 0.6) is 0 Å². The van der Waals surface area contributed by atoms with Crippen LogP contribution >= 0.6 is 46.6 Å². The Bertz CT molecular complexity index is 907. The molecule has 0 amide bonds. The fraction of sp³-hybridized carbons (Fsp3) is 0.235. The van der Waals surface area contributed by atoms with Gasteiger partial charge in [0.2, 0.25) is 0 Å². The van der Waals surface area contributed by atoms with Gasteiger partial charge >= 0.3 is 0 Å². The molecular weight excluding hydrogens is 399 g/mol. The van der Waals surface area contributed by atoms with Crippen LogP contribution in [0.15, 0.2) is 41.6 Å². The summed E-state index contributed by atoms with van der Waals surface area (Å²) in [6.07, 6.45) is 2.30. The maximum Gasteiger partial charge on any atom is 0.192 e. The number of hydrogen-bond acceptors (Lipinski definition) is 4. The number of aromatic nitrogens is 4. The Morgan fingerprint density at radius 2 is 1.76 bits per heavy atom. The molecule has 25 heavy (non-hydrogen) atoms. The average Bonchev–Trinajstić information content (AvgIpc) is 3.35. The molecule has 1 saturated carbocycles. The molecule has 0 aliphatic heterocycles. The van der Waals surface area contributed by atoms with Gasteiger partial charge in [0, 0.05) is 22.4 Å². The summed E-state index contributed by atoms with van der Waals surface area (Å²) in [4.78, 5) is 4.08. The zero-order valence-corrected chi connectivity index (χ0v) is 16.1. The minimum Gasteiger partial charge on any atom is -0.299 e. The molecule has 0 N–H and O–H groups in total. The van der Waals surface area contributed by atoms with E-state index in [0.717, 1.165) is 34.9 Å². The lowest BCUT2D eigenvalue weighted by Crippen LogP contribution is -2.00. The van der Waals surface area contributed by atoms with E-state index in [1.165, 1.54) is 0 Å². The highest BCUT2D eigenvalue weighted by atomic mass is 35.5. The van der Waals surface area contributed by atoms with Gasteiger partial charge in [-0.2, -0.15) is 0 Å². The van der Waals surface area contributed by atoms with Crippen molar-refractivity contribution < 1.29 is 0 Å². The Kier molecular flexibility index (Phi) is 4.91. The number of halogens is 3. The molecule has 4 nitrogen and oxygen atoms in total. The second kappa shape index (κ2) is 7.16. The van der Waals surface area contributed by atoms with Gasteiger partial charge in [0.05, 0.1) is 0 Å². The smallest absolute Gasteiger partial charge is 0.192 e. The minimum atomic E-state index is 0.393. The largest absolute Gasteiger partial charge is 0.299 e. The number of nitrogens with zero attached hydrogens (tertiary/aromatic N) is 4. The Balaban J connectivity index is 1.61. The maximum absolute atomic E-state index is 6.16. The second-order valence-electron chi connectivity index (χ2n) is 5.79. The van der Waals surface area contributed by atoms with E-state index in [9.17, 15) is 0 Å². The molecule has 4 rings (SSSR count). The van der Waals surface area contributed by atoms with E-state index in [4.69, 9.17) is 34.8 Å². The first-order valence-corrected chi connectivity index (χ1v) is 9.88. The van der Waals surface area contributed by atoms with E-state index >= 15 is 0 Å². The second-order valence-corrected chi connectivity index (χ2v) is 7.91. The van der Waals surface area contributed by atoms with Gasteiger partial charge < -0.3 is 0 Å². The van der Waals surface area contributed by atoms with Crippen molar-refractivity contribution in [3.63, 3.8) is 0 Å². The van der Waals surface area contributed by atoms with Crippen molar-refractivity contribution in [2.24, 2.45) is 0 Å². The first-order valence-electron chi connectivity index (χ1n) is 7.76. The molecule has 0 saturated heterocycles. The van der Waals surface area contributed by atoms with Gasteiger partial charge in [0.25, 0.3) is 0 Å². The molecule has 2 heterocycles. The van der Waals surface area contributed by atoms with Crippen LogP contribution in [0.4, 0.5) is 0 Å².